The first-order chi connectivity index (χ1) is 18.4. The molecule has 0 aliphatic carbocycles. The molecule has 2 fully saturated rings. The van der Waals surface area contributed by atoms with E-state index in [1.165, 1.54) is 4.90 Å². The SMILES string of the molecule is Cc1ccc(C(=O)N(CCN2CCC3(CC2)C(=O)NCN3c2ccccc2)C(=O)c2ccc(C)cc2)cc1. The monoisotopic (exact) mass is 510 g/mol. The molecule has 0 atom stereocenters. The van der Waals surface area contributed by atoms with E-state index in [0.29, 0.717) is 50.3 Å². The smallest absolute Gasteiger partial charge is 0.260 e. The van der Waals surface area contributed by atoms with Crippen molar-refractivity contribution in [1.29, 1.82) is 0 Å². The standard InChI is InChI=1S/C31H34N4O3/c1-23-8-12-25(13-9-23)28(36)34(29(37)26-14-10-24(2)11-15-26)21-20-33-18-16-31(17-19-33)30(38)32-22-35(31)27-6-4-3-5-7-27/h3-15H,16-22H2,1-2H3,(H,32,38). The third-order valence-corrected chi connectivity index (χ3v) is 7.82. The number of carbonyl (C=O) groups is 3. The van der Waals surface area contributed by atoms with Crippen LogP contribution in [0.2, 0.25) is 0 Å². The number of likely N-dealkylation sites (tertiary alicyclic amines) is 1. The summed E-state index contributed by atoms with van der Waals surface area (Å²) in [5.74, 6) is -0.518. The number of nitrogens with zero attached hydrogens (tertiary/aromatic N) is 3. The zero-order valence-corrected chi connectivity index (χ0v) is 22.0. The summed E-state index contributed by atoms with van der Waals surface area (Å²) in [7, 11) is 0. The maximum absolute atomic E-state index is 13.5. The molecule has 0 saturated carbocycles. The largest absolute Gasteiger partial charge is 0.339 e. The van der Waals surface area contributed by atoms with Gasteiger partial charge in [0.2, 0.25) is 5.91 Å². The van der Waals surface area contributed by atoms with Crippen molar-refractivity contribution >= 4 is 23.4 Å². The summed E-state index contributed by atoms with van der Waals surface area (Å²) in [4.78, 5) is 45.7. The fourth-order valence-corrected chi connectivity index (χ4v) is 5.42. The Balaban J connectivity index is 1.29. The number of para-hydroxylation sites is 1. The van der Waals surface area contributed by atoms with Crippen molar-refractivity contribution in [2.45, 2.75) is 32.2 Å². The van der Waals surface area contributed by atoms with Gasteiger partial charge in [0.15, 0.2) is 0 Å². The Bertz CT molecular complexity index is 1240. The van der Waals surface area contributed by atoms with E-state index in [1.54, 1.807) is 24.3 Å². The highest BCUT2D eigenvalue weighted by Crippen LogP contribution is 2.36. The zero-order valence-electron chi connectivity index (χ0n) is 22.0. The van der Waals surface area contributed by atoms with Crippen LogP contribution in [0, 0.1) is 13.8 Å². The number of hydrogen-bond acceptors (Lipinski definition) is 5. The molecule has 0 aromatic heterocycles. The van der Waals surface area contributed by atoms with Crippen LogP contribution in [0.4, 0.5) is 5.69 Å². The minimum atomic E-state index is -0.563. The van der Waals surface area contributed by atoms with Gasteiger partial charge in [0, 0.05) is 43.0 Å². The first-order valence-corrected chi connectivity index (χ1v) is 13.2. The number of imide groups is 1. The molecule has 7 nitrogen and oxygen atoms in total. The molecule has 5 rings (SSSR count). The number of aryl methyl sites for hydroxylation is 2. The Morgan fingerprint density at radius 3 is 1.87 bits per heavy atom. The van der Waals surface area contributed by atoms with E-state index in [0.717, 1.165) is 16.8 Å². The van der Waals surface area contributed by atoms with Crippen LogP contribution in [0.25, 0.3) is 0 Å². The summed E-state index contributed by atoms with van der Waals surface area (Å²) in [6, 6.07) is 24.7. The summed E-state index contributed by atoms with van der Waals surface area (Å²) in [5, 5.41) is 3.04. The summed E-state index contributed by atoms with van der Waals surface area (Å²) < 4.78 is 0. The van der Waals surface area contributed by atoms with Gasteiger partial charge >= 0.3 is 0 Å². The van der Waals surface area contributed by atoms with Crippen LogP contribution in [-0.4, -0.2) is 65.9 Å². The fourth-order valence-electron chi connectivity index (χ4n) is 5.42. The van der Waals surface area contributed by atoms with Gasteiger partial charge in [0.05, 0.1) is 6.67 Å². The average Bonchev–Trinajstić information content (AvgIpc) is 3.25. The van der Waals surface area contributed by atoms with Crippen LogP contribution < -0.4 is 10.2 Å². The summed E-state index contributed by atoms with van der Waals surface area (Å²) >= 11 is 0. The predicted molar refractivity (Wildman–Crippen MR) is 148 cm³/mol. The van der Waals surface area contributed by atoms with Gasteiger partial charge < -0.3 is 15.1 Å². The van der Waals surface area contributed by atoms with Crippen LogP contribution >= 0.6 is 0 Å². The van der Waals surface area contributed by atoms with E-state index in [2.05, 4.69) is 15.1 Å². The lowest BCUT2D eigenvalue weighted by atomic mass is 9.85. The normalized spacial score (nSPS) is 16.9. The molecular weight excluding hydrogens is 476 g/mol. The van der Waals surface area contributed by atoms with Crippen LogP contribution in [0.15, 0.2) is 78.9 Å². The van der Waals surface area contributed by atoms with E-state index in [-0.39, 0.29) is 24.3 Å². The maximum atomic E-state index is 13.5. The molecule has 7 heteroatoms. The number of amides is 3. The highest BCUT2D eigenvalue weighted by Gasteiger charge is 2.50. The van der Waals surface area contributed by atoms with Gasteiger partial charge in [-0.2, -0.15) is 0 Å². The van der Waals surface area contributed by atoms with Crippen molar-refractivity contribution < 1.29 is 14.4 Å². The van der Waals surface area contributed by atoms with E-state index in [4.69, 9.17) is 0 Å². The number of piperidine rings is 1. The van der Waals surface area contributed by atoms with Gasteiger partial charge in [-0.05, 0) is 63.1 Å². The minimum absolute atomic E-state index is 0.0757. The molecular formula is C31H34N4O3. The third kappa shape index (κ3) is 5.07. The molecule has 2 aliphatic heterocycles. The molecule has 0 unspecified atom stereocenters. The quantitative estimate of drug-likeness (QED) is 0.508. The lowest BCUT2D eigenvalue weighted by Gasteiger charge is -2.43. The molecule has 1 spiro atoms. The fraction of sp³-hybridized carbons (Fsp3) is 0.323. The number of anilines is 1. The molecule has 2 aliphatic rings. The Kier molecular flexibility index (Phi) is 7.29. The van der Waals surface area contributed by atoms with E-state index < -0.39 is 5.54 Å². The Labute approximate surface area is 224 Å². The number of benzene rings is 3. The Morgan fingerprint density at radius 2 is 1.34 bits per heavy atom. The van der Waals surface area contributed by atoms with Crippen LogP contribution in [0.1, 0.15) is 44.7 Å². The van der Waals surface area contributed by atoms with Crippen molar-refractivity contribution in [3.05, 3.63) is 101 Å². The minimum Gasteiger partial charge on any atom is -0.339 e. The lowest BCUT2D eigenvalue weighted by molar-refractivity contribution is -0.125. The van der Waals surface area contributed by atoms with Gasteiger partial charge in [-0.15, -0.1) is 0 Å². The van der Waals surface area contributed by atoms with Gasteiger partial charge in [-0.3, -0.25) is 19.3 Å². The van der Waals surface area contributed by atoms with Crippen molar-refractivity contribution in [2.75, 3.05) is 37.7 Å². The van der Waals surface area contributed by atoms with Crippen molar-refractivity contribution in [1.82, 2.24) is 15.1 Å². The van der Waals surface area contributed by atoms with Crippen molar-refractivity contribution in [2.24, 2.45) is 0 Å². The predicted octanol–water partition coefficient (Wildman–Crippen LogP) is 4.01. The highest BCUT2D eigenvalue weighted by molar-refractivity contribution is 6.10. The topological polar surface area (TPSA) is 73.0 Å². The van der Waals surface area contributed by atoms with Gasteiger partial charge in [0.1, 0.15) is 5.54 Å². The Morgan fingerprint density at radius 1 is 0.816 bits per heavy atom. The molecule has 3 amide bonds. The first kappa shape index (κ1) is 25.7. The molecule has 3 aromatic rings. The van der Waals surface area contributed by atoms with E-state index in [1.807, 2.05) is 68.4 Å². The maximum Gasteiger partial charge on any atom is 0.260 e. The van der Waals surface area contributed by atoms with Gasteiger partial charge in [-0.25, -0.2) is 0 Å². The highest BCUT2D eigenvalue weighted by atomic mass is 16.2. The molecule has 0 bridgehead atoms. The number of rotatable bonds is 6. The van der Waals surface area contributed by atoms with Crippen molar-refractivity contribution in [3.8, 4) is 0 Å². The van der Waals surface area contributed by atoms with Crippen LogP contribution in [0.3, 0.4) is 0 Å². The molecule has 38 heavy (non-hydrogen) atoms. The lowest BCUT2D eigenvalue weighted by Crippen LogP contribution is -2.57. The van der Waals surface area contributed by atoms with E-state index in [9.17, 15) is 14.4 Å². The van der Waals surface area contributed by atoms with Gasteiger partial charge in [0.25, 0.3) is 11.8 Å². The summed E-state index contributed by atoms with van der Waals surface area (Å²) in [5.41, 5.74) is 3.58. The molecule has 0 radical (unpaired) electrons. The molecule has 1 N–H and O–H groups in total. The van der Waals surface area contributed by atoms with E-state index >= 15 is 0 Å². The summed E-state index contributed by atoms with van der Waals surface area (Å²) in [6.45, 7) is 6.70. The van der Waals surface area contributed by atoms with Crippen molar-refractivity contribution in [3.63, 3.8) is 0 Å². The van der Waals surface area contributed by atoms with Crippen LogP contribution in [-0.2, 0) is 4.79 Å². The average molecular weight is 511 g/mol. The number of nitrogens with one attached hydrogen (secondary N) is 1. The second-order valence-corrected chi connectivity index (χ2v) is 10.3. The van der Waals surface area contributed by atoms with Gasteiger partial charge in [-0.1, -0.05) is 53.6 Å². The Hall–Kier alpha value is -3.97. The second kappa shape index (κ2) is 10.8. The zero-order chi connectivity index (χ0) is 26.7. The first-order valence-electron chi connectivity index (χ1n) is 13.2. The number of carbonyl (C=O) groups excluding carboxylic acids is 3. The summed E-state index contributed by atoms with van der Waals surface area (Å²) in [6.07, 6.45) is 1.37. The molecule has 3 aromatic carbocycles. The third-order valence-electron chi connectivity index (χ3n) is 7.82. The molecule has 2 heterocycles. The van der Waals surface area contributed by atoms with Crippen LogP contribution in [0.5, 0.6) is 0 Å². The molecule has 2 saturated heterocycles. The molecule has 196 valence electrons. The second-order valence-electron chi connectivity index (χ2n) is 10.3. The number of hydrogen-bond donors (Lipinski definition) is 1.